The van der Waals surface area contributed by atoms with E-state index in [1.54, 1.807) is 7.11 Å². The van der Waals surface area contributed by atoms with Gasteiger partial charge in [-0.25, -0.2) is 0 Å². The predicted octanol–water partition coefficient (Wildman–Crippen LogP) is 3.79. The second-order valence-corrected chi connectivity index (χ2v) is 4.79. The van der Waals surface area contributed by atoms with E-state index >= 15 is 0 Å². The Bertz CT molecular complexity index is 639. The summed E-state index contributed by atoms with van der Waals surface area (Å²) in [5, 5.41) is 11.6. The third-order valence-corrected chi connectivity index (χ3v) is 3.86. The van der Waals surface area contributed by atoms with E-state index in [-0.39, 0.29) is 0 Å². The van der Waals surface area contributed by atoms with Crippen LogP contribution >= 0.6 is 0 Å². The first-order chi connectivity index (χ1) is 8.85. The van der Waals surface area contributed by atoms with Gasteiger partial charge in [0.25, 0.3) is 0 Å². The van der Waals surface area contributed by atoms with Gasteiger partial charge in [-0.3, -0.25) is 0 Å². The molecule has 0 amide bonds. The van der Waals surface area contributed by atoms with E-state index in [4.69, 9.17) is 10.00 Å². The summed E-state index contributed by atoms with van der Waals surface area (Å²) in [4.78, 5) is 0. The molecule has 2 nitrogen and oxygen atoms in total. The van der Waals surface area contributed by atoms with Crippen molar-refractivity contribution in [2.75, 3.05) is 7.11 Å². The maximum absolute atomic E-state index is 8.99. The number of hydrogen-bond donors (Lipinski definition) is 0. The molecule has 0 aromatic heterocycles. The number of rotatable bonds is 2. The molecule has 1 unspecified atom stereocenters. The van der Waals surface area contributed by atoms with Crippen molar-refractivity contribution >= 4 is 10.8 Å². The molecule has 1 aliphatic rings. The second-order valence-electron chi connectivity index (χ2n) is 4.79. The molecule has 2 aromatic carbocycles. The van der Waals surface area contributed by atoms with E-state index in [9.17, 15) is 0 Å². The van der Waals surface area contributed by atoms with Gasteiger partial charge in [-0.05, 0) is 35.2 Å². The third-order valence-electron chi connectivity index (χ3n) is 3.86. The standard InChI is InChI=1S/C16H15NO/c1-18-14-8-7-12-4-2-3-11-5-6-13(9-10-17)16(14)15(11)12/h2-4,7-8,13H,5-6,9H2,1H3. The lowest BCUT2D eigenvalue weighted by atomic mass is 9.79. The molecule has 0 saturated heterocycles. The van der Waals surface area contributed by atoms with Crippen LogP contribution in [-0.4, -0.2) is 7.11 Å². The van der Waals surface area contributed by atoms with Gasteiger partial charge >= 0.3 is 0 Å². The van der Waals surface area contributed by atoms with Gasteiger partial charge in [-0.2, -0.15) is 5.26 Å². The van der Waals surface area contributed by atoms with E-state index in [0.717, 1.165) is 18.6 Å². The van der Waals surface area contributed by atoms with E-state index in [0.29, 0.717) is 12.3 Å². The Hall–Kier alpha value is -2.01. The monoisotopic (exact) mass is 237 g/mol. The predicted molar refractivity (Wildman–Crippen MR) is 71.8 cm³/mol. The molecular weight excluding hydrogens is 222 g/mol. The number of methoxy groups -OCH3 is 1. The first-order valence-corrected chi connectivity index (χ1v) is 6.30. The van der Waals surface area contributed by atoms with Crippen molar-refractivity contribution in [1.29, 1.82) is 5.26 Å². The molecule has 0 bridgehead atoms. The number of benzene rings is 2. The topological polar surface area (TPSA) is 33.0 Å². The van der Waals surface area contributed by atoms with Gasteiger partial charge < -0.3 is 4.74 Å². The molecule has 0 fully saturated rings. The minimum absolute atomic E-state index is 0.309. The highest BCUT2D eigenvalue weighted by molar-refractivity contribution is 5.92. The molecule has 3 rings (SSSR count). The van der Waals surface area contributed by atoms with Crippen LogP contribution in [0.5, 0.6) is 5.75 Å². The summed E-state index contributed by atoms with van der Waals surface area (Å²) in [5.74, 6) is 1.23. The fourth-order valence-corrected chi connectivity index (χ4v) is 3.05. The van der Waals surface area contributed by atoms with Crippen LogP contribution in [-0.2, 0) is 6.42 Å². The summed E-state index contributed by atoms with van der Waals surface area (Å²) in [5.41, 5.74) is 2.62. The minimum atomic E-state index is 0.309. The number of nitrogens with zero attached hydrogens (tertiary/aromatic N) is 1. The van der Waals surface area contributed by atoms with Crippen LogP contribution in [0.15, 0.2) is 30.3 Å². The molecule has 90 valence electrons. The number of nitriles is 1. The zero-order valence-corrected chi connectivity index (χ0v) is 10.4. The van der Waals surface area contributed by atoms with Gasteiger partial charge in [0.1, 0.15) is 5.75 Å². The fourth-order valence-electron chi connectivity index (χ4n) is 3.05. The van der Waals surface area contributed by atoms with Crippen LogP contribution in [0.3, 0.4) is 0 Å². The molecule has 1 atom stereocenters. The summed E-state index contributed by atoms with van der Waals surface area (Å²) in [6.07, 6.45) is 2.67. The molecule has 1 aliphatic carbocycles. The summed E-state index contributed by atoms with van der Waals surface area (Å²) < 4.78 is 5.50. The summed E-state index contributed by atoms with van der Waals surface area (Å²) in [6, 6.07) is 12.9. The van der Waals surface area contributed by atoms with Crippen molar-refractivity contribution in [3.8, 4) is 11.8 Å². The molecule has 18 heavy (non-hydrogen) atoms. The Labute approximate surface area is 107 Å². The van der Waals surface area contributed by atoms with Gasteiger partial charge in [-0.1, -0.05) is 24.3 Å². The summed E-state index contributed by atoms with van der Waals surface area (Å²) in [6.45, 7) is 0. The zero-order chi connectivity index (χ0) is 12.5. The number of aryl methyl sites for hydroxylation is 1. The van der Waals surface area contributed by atoms with Crippen LogP contribution < -0.4 is 4.74 Å². The van der Waals surface area contributed by atoms with Crippen molar-refractivity contribution in [2.45, 2.75) is 25.2 Å². The Kier molecular flexibility index (Phi) is 2.68. The Balaban J connectivity index is 2.33. The molecule has 0 aliphatic heterocycles. The maximum Gasteiger partial charge on any atom is 0.123 e. The molecule has 0 radical (unpaired) electrons. The fraction of sp³-hybridized carbons (Fsp3) is 0.312. The molecule has 0 N–H and O–H groups in total. The molecule has 0 spiro atoms. The van der Waals surface area contributed by atoms with E-state index in [1.807, 2.05) is 6.07 Å². The van der Waals surface area contributed by atoms with Gasteiger partial charge in [0.2, 0.25) is 0 Å². The average molecular weight is 237 g/mol. The Morgan fingerprint density at radius 2 is 2.22 bits per heavy atom. The normalized spacial score (nSPS) is 17.4. The van der Waals surface area contributed by atoms with Crippen molar-refractivity contribution in [2.24, 2.45) is 0 Å². The number of hydrogen-bond acceptors (Lipinski definition) is 2. The second kappa shape index (κ2) is 4.34. The van der Waals surface area contributed by atoms with Crippen LogP contribution in [0.25, 0.3) is 10.8 Å². The van der Waals surface area contributed by atoms with Gasteiger partial charge in [0, 0.05) is 17.9 Å². The van der Waals surface area contributed by atoms with Gasteiger partial charge in [-0.15, -0.1) is 0 Å². The van der Waals surface area contributed by atoms with E-state index < -0.39 is 0 Å². The van der Waals surface area contributed by atoms with Crippen molar-refractivity contribution in [1.82, 2.24) is 0 Å². The first-order valence-electron chi connectivity index (χ1n) is 6.30. The van der Waals surface area contributed by atoms with E-state index in [1.165, 1.54) is 21.9 Å². The zero-order valence-electron chi connectivity index (χ0n) is 10.4. The summed E-state index contributed by atoms with van der Waals surface area (Å²) in [7, 11) is 1.71. The smallest absolute Gasteiger partial charge is 0.123 e. The lowest BCUT2D eigenvalue weighted by Crippen LogP contribution is -2.10. The molecular formula is C16H15NO. The van der Waals surface area contributed by atoms with Crippen molar-refractivity contribution < 1.29 is 4.74 Å². The highest BCUT2D eigenvalue weighted by atomic mass is 16.5. The largest absolute Gasteiger partial charge is 0.496 e. The van der Waals surface area contributed by atoms with Crippen LogP contribution in [0, 0.1) is 11.3 Å². The van der Waals surface area contributed by atoms with Gasteiger partial charge in [0.15, 0.2) is 0 Å². The van der Waals surface area contributed by atoms with Crippen LogP contribution in [0.4, 0.5) is 0 Å². The van der Waals surface area contributed by atoms with Crippen molar-refractivity contribution in [3.63, 3.8) is 0 Å². The van der Waals surface area contributed by atoms with E-state index in [2.05, 4.69) is 30.3 Å². The third kappa shape index (κ3) is 1.55. The van der Waals surface area contributed by atoms with Gasteiger partial charge in [0.05, 0.1) is 13.2 Å². The summed E-state index contributed by atoms with van der Waals surface area (Å²) >= 11 is 0. The SMILES string of the molecule is COc1ccc2cccc3c2c1C(CC#N)CC3. The Morgan fingerprint density at radius 1 is 1.33 bits per heavy atom. The lowest BCUT2D eigenvalue weighted by molar-refractivity contribution is 0.404. The molecule has 2 heteroatoms. The number of ether oxygens (including phenoxy) is 1. The molecule has 0 saturated carbocycles. The average Bonchev–Trinajstić information content (AvgIpc) is 2.42. The lowest BCUT2D eigenvalue weighted by Gasteiger charge is -2.26. The molecule has 2 aromatic rings. The highest BCUT2D eigenvalue weighted by Gasteiger charge is 2.24. The van der Waals surface area contributed by atoms with Crippen molar-refractivity contribution in [3.05, 3.63) is 41.5 Å². The Morgan fingerprint density at radius 3 is 3.00 bits per heavy atom. The van der Waals surface area contributed by atoms with Crippen LogP contribution in [0.1, 0.15) is 29.9 Å². The highest BCUT2D eigenvalue weighted by Crippen LogP contribution is 2.43. The quantitative estimate of drug-likeness (QED) is 0.796. The molecule has 0 heterocycles. The maximum atomic E-state index is 8.99. The van der Waals surface area contributed by atoms with Crippen LogP contribution in [0.2, 0.25) is 0 Å². The minimum Gasteiger partial charge on any atom is -0.496 e. The first kappa shape index (κ1) is 11.1.